The van der Waals surface area contributed by atoms with Crippen molar-refractivity contribution in [2.75, 3.05) is 18.1 Å². The second kappa shape index (κ2) is 5.90. The number of rotatable bonds is 3. The predicted molar refractivity (Wildman–Crippen MR) is 80.4 cm³/mol. The van der Waals surface area contributed by atoms with Gasteiger partial charge in [0.1, 0.15) is 0 Å². The Morgan fingerprint density at radius 1 is 1.55 bits per heavy atom. The van der Waals surface area contributed by atoms with Crippen LogP contribution in [0.5, 0.6) is 0 Å². The number of ketones is 1. The SMILES string of the molecule is CCC(=O)c1cnn(C2CCOC3(CCSCC3)C2)c1. The lowest BCUT2D eigenvalue weighted by molar-refractivity contribution is -0.100. The van der Waals surface area contributed by atoms with Crippen molar-refractivity contribution in [1.82, 2.24) is 9.78 Å². The minimum atomic E-state index is 0.0645. The maximum atomic E-state index is 11.7. The molecule has 0 aliphatic carbocycles. The van der Waals surface area contributed by atoms with Gasteiger partial charge in [0, 0.05) is 19.2 Å². The highest BCUT2D eigenvalue weighted by atomic mass is 32.2. The third-order valence-corrected chi connectivity index (χ3v) is 5.48. The maximum Gasteiger partial charge on any atom is 0.165 e. The van der Waals surface area contributed by atoms with E-state index in [1.54, 1.807) is 6.20 Å². The highest BCUT2D eigenvalue weighted by Crippen LogP contribution is 2.41. The van der Waals surface area contributed by atoms with E-state index in [2.05, 4.69) is 5.10 Å². The normalized spacial score (nSPS) is 25.8. The van der Waals surface area contributed by atoms with E-state index in [0.717, 1.165) is 37.9 Å². The first-order valence-electron chi connectivity index (χ1n) is 7.51. The molecule has 2 aliphatic heterocycles. The topological polar surface area (TPSA) is 44.1 Å². The van der Waals surface area contributed by atoms with Gasteiger partial charge in [0.25, 0.3) is 0 Å². The van der Waals surface area contributed by atoms with Gasteiger partial charge in [-0.05, 0) is 37.2 Å². The summed E-state index contributed by atoms with van der Waals surface area (Å²) in [6.07, 6.45) is 8.51. The molecule has 3 heterocycles. The molecule has 20 heavy (non-hydrogen) atoms. The molecular weight excluding hydrogens is 272 g/mol. The van der Waals surface area contributed by atoms with Crippen LogP contribution >= 0.6 is 11.8 Å². The fraction of sp³-hybridized carbons (Fsp3) is 0.733. The van der Waals surface area contributed by atoms with E-state index in [4.69, 9.17) is 4.74 Å². The van der Waals surface area contributed by atoms with Crippen LogP contribution in [0.1, 0.15) is 55.4 Å². The lowest BCUT2D eigenvalue weighted by atomic mass is 9.85. The molecule has 1 unspecified atom stereocenters. The molecule has 1 aromatic rings. The number of ether oxygens (including phenoxy) is 1. The van der Waals surface area contributed by atoms with Gasteiger partial charge in [-0.1, -0.05) is 6.92 Å². The zero-order valence-electron chi connectivity index (χ0n) is 12.0. The van der Waals surface area contributed by atoms with Crippen LogP contribution in [-0.4, -0.2) is 39.3 Å². The first-order valence-corrected chi connectivity index (χ1v) is 8.67. The summed E-state index contributed by atoms with van der Waals surface area (Å²) in [5, 5.41) is 4.42. The van der Waals surface area contributed by atoms with Crippen LogP contribution in [0.25, 0.3) is 0 Å². The Labute approximate surface area is 124 Å². The summed E-state index contributed by atoms with van der Waals surface area (Å²) in [5.74, 6) is 2.57. The molecule has 0 radical (unpaired) electrons. The van der Waals surface area contributed by atoms with Crippen LogP contribution in [0, 0.1) is 0 Å². The minimum Gasteiger partial charge on any atom is -0.375 e. The fourth-order valence-electron chi connectivity index (χ4n) is 3.21. The highest BCUT2D eigenvalue weighted by Gasteiger charge is 2.39. The molecule has 0 saturated carbocycles. The maximum absolute atomic E-state index is 11.7. The van der Waals surface area contributed by atoms with Gasteiger partial charge in [-0.15, -0.1) is 0 Å². The Morgan fingerprint density at radius 2 is 2.35 bits per heavy atom. The molecule has 0 aromatic carbocycles. The second-order valence-electron chi connectivity index (χ2n) is 5.78. The molecule has 2 fully saturated rings. The Kier molecular flexibility index (Phi) is 4.17. The molecule has 2 saturated heterocycles. The molecular formula is C15H22N2O2S. The number of carbonyl (C=O) groups is 1. The quantitative estimate of drug-likeness (QED) is 0.804. The average Bonchev–Trinajstić information content (AvgIpc) is 2.97. The van der Waals surface area contributed by atoms with Crippen molar-refractivity contribution in [2.24, 2.45) is 0 Å². The van der Waals surface area contributed by atoms with Crippen molar-refractivity contribution < 1.29 is 9.53 Å². The molecule has 110 valence electrons. The van der Waals surface area contributed by atoms with Crippen molar-refractivity contribution in [1.29, 1.82) is 0 Å². The van der Waals surface area contributed by atoms with Crippen LogP contribution in [0.3, 0.4) is 0 Å². The zero-order valence-corrected chi connectivity index (χ0v) is 12.8. The summed E-state index contributed by atoms with van der Waals surface area (Å²) in [6, 6.07) is 0.380. The summed E-state index contributed by atoms with van der Waals surface area (Å²) in [5.41, 5.74) is 0.807. The van der Waals surface area contributed by atoms with Crippen molar-refractivity contribution in [3.63, 3.8) is 0 Å². The van der Waals surface area contributed by atoms with Gasteiger partial charge in [0.2, 0.25) is 0 Å². The number of carbonyl (C=O) groups excluding carboxylic acids is 1. The van der Waals surface area contributed by atoms with Crippen LogP contribution in [0.2, 0.25) is 0 Å². The largest absolute Gasteiger partial charge is 0.375 e. The molecule has 1 spiro atoms. The standard InChI is InChI=1S/C15H22N2O2S/c1-2-14(18)12-10-16-17(11-12)13-3-6-19-15(9-13)4-7-20-8-5-15/h10-11,13H,2-9H2,1H3. The Balaban J connectivity index is 1.73. The minimum absolute atomic E-state index is 0.0645. The summed E-state index contributed by atoms with van der Waals surface area (Å²) in [4.78, 5) is 11.7. The molecule has 0 bridgehead atoms. The monoisotopic (exact) mass is 294 g/mol. The number of Topliss-reactive ketones (excluding diaryl/α,β-unsaturated/α-hetero) is 1. The van der Waals surface area contributed by atoms with Crippen molar-refractivity contribution in [3.05, 3.63) is 18.0 Å². The van der Waals surface area contributed by atoms with Crippen molar-refractivity contribution >= 4 is 17.5 Å². The second-order valence-corrected chi connectivity index (χ2v) is 7.00. The van der Waals surface area contributed by atoms with Crippen molar-refractivity contribution in [3.8, 4) is 0 Å². The lowest BCUT2D eigenvalue weighted by Gasteiger charge is -2.43. The van der Waals surface area contributed by atoms with E-state index in [0.29, 0.717) is 12.5 Å². The summed E-state index contributed by atoms with van der Waals surface area (Å²) in [6.45, 7) is 2.70. The first-order chi connectivity index (χ1) is 9.72. The van der Waals surface area contributed by atoms with Crippen molar-refractivity contribution in [2.45, 2.75) is 50.7 Å². The molecule has 2 aliphatic rings. The fourth-order valence-corrected chi connectivity index (χ4v) is 4.44. The van der Waals surface area contributed by atoms with Gasteiger partial charge in [-0.3, -0.25) is 9.48 Å². The Morgan fingerprint density at radius 3 is 3.10 bits per heavy atom. The molecule has 1 aromatic heterocycles. The summed E-state index contributed by atoms with van der Waals surface area (Å²) in [7, 11) is 0. The molecule has 3 rings (SSSR count). The third kappa shape index (κ3) is 2.79. The lowest BCUT2D eigenvalue weighted by Crippen LogP contribution is -2.43. The molecule has 1 atom stereocenters. The Hall–Kier alpha value is -0.810. The third-order valence-electron chi connectivity index (χ3n) is 4.49. The highest BCUT2D eigenvalue weighted by molar-refractivity contribution is 7.99. The zero-order chi connectivity index (χ0) is 14.0. The number of hydrogen-bond acceptors (Lipinski definition) is 4. The van der Waals surface area contributed by atoms with E-state index in [1.165, 1.54) is 11.5 Å². The Bertz CT molecular complexity index is 474. The smallest absolute Gasteiger partial charge is 0.165 e. The average molecular weight is 294 g/mol. The van der Waals surface area contributed by atoms with Gasteiger partial charge in [-0.2, -0.15) is 16.9 Å². The summed E-state index contributed by atoms with van der Waals surface area (Å²) >= 11 is 2.02. The van der Waals surface area contributed by atoms with Gasteiger partial charge < -0.3 is 4.74 Å². The number of thioether (sulfide) groups is 1. The van der Waals surface area contributed by atoms with E-state index in [-0.39, 0.29) is 11.4 Å². The van der Waals surface area contributed by atoms with E-state index >= 15 is 0 Å². The van der Waals surface area contributed by atoms with E-state index in [9.17, 15) is 4.79 Å². The van der Waals surface area contributed by atoms with Crippen LogP contribution < -0.4 is 0 Å². The van der Waals surface area contributed by atoms with Crippen LogP contribution in [-0.2, 0) is 4.74 Å². The molecule has 0 N–H and O–H groups in total. The number of hydrogen-bond donors (Lipinski definition) is 0. The van der Waals surface area contributed by atoms with Gasteiger partial charge >= 0.3 is 0 Å². The van der Waals surface area contributed by atoms with Gasteiger partial charge in [0.05, 0.1) is 23.4 Å². The van der Waals surface area contributed by atoms with Crippen LogP contribution in [0.4, 0.5) is 0 Å². The molecule has 0 amide bonds. The number of nitrogens with zero attached hydrogens (tertiary/aromatic N) is 2. The van der Waals surface area contributed by atoms with Gasteiger partial charge in [0.15, 0.2) is 5.78 Å². The number of aromatic nitrogens is 2. The van der Waals surface area contributed by atoms with Gasteiger partial charge in [-0.25, -0.2) is 0 Å². The first kappa shape index (κ1) is 14.1. The van der Waals surface area contributed by atoms with E-state index in [1.807, 2.05) is 29.6 Å². The predicted octanol–water partition coefficient (Wildman–Crippen LogP) is 3.09. The summed E-state index contributed by atoms with van der Waals surface area (Å²) < 4.78 is 8.11. The molecule has 5 heteroatoms. The molecule has 4 nitrogen and oxygen atoms in total. The van der Waals surface area contributed by atoms with Crippen LogP contribution in [0.15, 0.2) is 12.4 Å². The van der Waals surface area contributed by atoms with E-state index < -0.39 is 0 Å².